The monoisotopic (exact) mass is 332 g/mol. The molecule has 2 aromatic rings. The summed E-state index contributed by atoms with van der Waals surface area (Å²) in [6.07, 6.45) is 6.31. The van der Waals surface area contributed by atoms with E-state index < -0.39 is 0 Å². The molecule has 1 aliphatic heterocycles. The molecule has 2 aromatic heterocycles. The summed E-state index contributed by atoms with van der Waals surface area (Å²) in [7, 11) is 0. The second-order valence-electron chi connectivity index (χ2n) is 6.83. The van der Waals surface area contributed by atoms with Crippen molar-refractivity contribution >= 4 is 23.6 Å². The maximum atomic E-state index is 5.74. The molecule has 0 saturated heterocycles. The predicted octanol–water partition coefficient (Wildman–Crippen LogP) is 3.70. The van der Waals surface area contributed by atoms with E-state index in [1.54, 1.807) is 4.88 Å². The summed E-state index contributed by atoms with van der Waals surface area (Å²) in [5.74, 6) is 1.94. The highest BCUT2D eigenvalue weighted by molar-refractivity contribution is 7.71. The molecule has 2 aliphatic carbocycles. The lowest BCUT2D eigenvalue weighted by Crippen LogP contribution is -2.32. The van der Waals surface area contributed by atoms with Gasteiger partial charge in [0.1, 0.15) is 5.82 Å². The van der Waals surface area contributed by atoms with Gasteiger partial charge in [-0.3, -0.25) is 4.90 Å². The van der Waals surface area contributed by atoms with Gasteiger partial charge >= 0.3 is 0 Å². The van der Waals surface area contributed by atoms with Gasteiger partial charge in [0, 0.05) is 29.9 Å². The molecule has 0 bridgehead atoms. The molecule has 0 aromatic carbocycles. The van der Waals surface area contributed by atoms with Crippen LogP contribution in [0.5, 0.6) is 0 Å². The smallest absolute Gasteiger partial charge is 0.199 e. The van der Waals surface area contributed by atoms with Gasteiger partial charge in [-0.2, -0.15) is 5.10 Å². The highest BCUT2D eigenvalue weighted by Crippen LogP contribution is 2.44. The zero-order valence-corrected chi connectivity index (χ0v) is 14.2. The minimum atomic E-state index is 0.640. The molecular formula is C16H20N4S2. The highest BCUT2D eigenvalue weighted by atomic mass is 32.1. The van der Waals surface area contributed by atoms with E-state index in [1.807, 2.05) is 11.3 Å². The molecule has 0 atom stereocenters. The molecule has 0 unspecified atom stereocenters. The van der Waals surface area contributed by atoms with Gasteiger partial charge in [-0.05, 0) is 61.3 Å². The first-order chi connectivity index (χ1) is 10.8. The van der Waals surface area contributed by atoms with E-state index in [1.165, 1.54) is 43.5 Å². The maximum Gasteiger partial charge on any atom is 0.199 e. The van der Waals surface area contributed by atoms with Crippen LogP contribution >= 0.6 is 23.6 Å². The van der Waals surface area contributed by atoms with Crippen molar-refractivity contribution in [1.29, 1.82) is 0 Å². The molecule has 3 heterocycles. The Kier molecular flexibility index (Phi) is 3.06. The summed E-state index contributed by atoms with van der Waals surface area (Å²) in [5.41, 5.74) is 1.49. The Labute approximate surface area is 139 Å². The summed E-state index contributed by atoms with van der Waals surface area (Å²) in [6, 6.07) is 2.91. The highest BCUT2D eigenvalue weighted by Gasteiger charge is 2.36. The quantitative estimate of drug-likeness (QED) is 0.799. The van der Waals surface area contributed by atoms with Crippen molar-refractivity contribution < 1.29 is 0 Å². The van der Waals surface area contributed by atoms with E-state index in [0.29, 0.717) is 12.0 Å². The number of rotatable bonds is 4. The summed E-state index contributed by atoms with van der Waals surface area (Å²) in [6.45, 7) is 2.99. The zero-order chi connectivity index (χ0) is 14.7. The van der Waals surface area contributed by atoms with Crippen LogP contribution < -0.4 is 0 Å². The zero-order valence-electron chi connectivity index (χ0n) is 12.6. The molecule has 116 valence electrons. The number of aromatic nitrogens is 3. The Hall–Kier alpha value is -0.980. The maximum absolute atomic E-state index is 5.74. The van der Waals surface area contributed by atoms with Crippen molar-refractivity contribution in [3.63, 3.8) is 0 Å². The summed E-state index contributed by atoms with van der Waals surface area (Å²) < 4.78 is 5.39. The Balaban J connectivity index is 1.42. The fraction of sp³-hybridized carbons (Fsp3) is 0.625. The van der Waals surface area contributed by atoms with Gasteiger partial charge in [-0.1, -0.05) is 0 Å². The second kappa shape index (κ2) is 5.01. The third-order valence-electron chi connectivity index (χ3n) is 4.97. The SMILES string of the molecule is S=c1n(CN2CCc3sccc3C2)nc(C2CC2)n1C1CC1. The van der Waals surface area contributed by atoms with Crippen molar-refractivity contribution in [3.8, 4) is 0 Å². The van der Waals surface area contributed by atoms with Crippen LogP contribution in [0, 0.1) is 4.77 Å². The van der Waals surface area contributed by atoms with Gasteiger partial charge in [0.15, 0.2) is 4.77 Å². The average Bonchev–Trinajstić information content (AvgIpc) is 3.44. The van der Waals surface area contributed by atoms with E-state index >= 15 is 0 Å². The first kappa shape index (κ1) is 13.5. The summed E-state index contributed by atoms with van der Waals surface area (Å²) >= 11 is 7.64. The van der Waals surface area contributed by atoms with Crippen molar-refractivity contribution in [2.24, 2.45) is 0 Å². The molecule has 0 radical (unpaired) electrons. The van der Waals surface area contributed by atoms with Crippen molar-refractivity contribution in [1.82, 2.24) is 19.2 Å². The fourth-order valence-corrected chi connectivity index (χ4v) is 4.67. The normalized spacial score (nSPS) is 22.0. The molecule has 22 heavy (non-hydrogen) atoms. The first-order valence-corrected chi connectivity index (χ1v) is 9.55. The molecule has 6 heteroatoms. The van der Waals surface area contributed by atoms with Gasteiger partial charge in [0.05, 0.1) is 6.67 Å². The van der Waals surface area contributed by atoms with Gasteiger partial charge in [-0.15, -0.1) is 11.3 Å². The standard InChI is InChI=1S/C16H20N4S2/c21-16-19(10-18-7-5-14-12(9-18)6-8-22-14)17-15(11-1-2-11)20(16)13-3-4-13/h6,8,11,13H,1-5,7,9-10H2. The van der Waals surface area contributed by atoms with Gasteiger partial charge < -0.3 is 4.57 Å². The molecule has 0 spiro atoms. The molecule has 2 fully saturated rings. The Morgan fingerprint density at radius 3 is 2.91 bits per heavy atom. The van der Waals surface area contributed by atoms with Crippen molar-refractivity contribution in [2.45, 2.75) is 57.3 Å². The first-order valence-electron chi connectivity index (χ1n) is 8.26. The topological polar surface area (TPSA) is 26.0 Å². The van der Waals surface area contributed by atoms with E-state index in [0.717, 1.165) is 24.5 Å². The van der Waals surface area contributed by atoms with E-state index in [4.69, 9.17) is 17.3 Å². The molecule has 0 N–H and O–H groups in total. The lowest BCUT2D eigenvalue weighted by molar-refractivity contribution is 0.189. The fourth-order valence-electron chi connectivity index (χ4n) is 3.44. The molecular weight excluding hydrogens is 312 g/mol. The van der Waals surface area contributed by atoms with Crippen LogP contribution in [0.25, 0.3) is 0 Å². The molecule has 2 saturated carbocycles. The number of hydrogen-bond acceptors (Lipinski definition) is 4. The number of thiophene rings is 1. The van der Waals surface area contributed by atoms with E-state index in [-0.39, 0.29) is 0 Å². The van der Waals surface area contributed by atoms with Crippen LogP contribution in [-0.4, -0.2) is 25.8 Å². The average molecular weight is 332 g/mol. The van der Waals surface area contributed by atoms with Crippen molar-refractivity contribution in [2.75, 3.05) is 6.54 Å². The Morgan fingerprint density at radius 2 is 2.14 bits per heavy atom. The van der Waals surface area contributed by atoms with Crippen LogP contribution in [0.2, 0.25) is 0 Å². The lowest BCUT2D eigenvalue weighted by Gasteiger charge is -2.26. The van der Waals surface area contributed by atoms with Gasteiger partial charge in [-0.25, -0.2) is 4.68 Å². The summed E-state index contributed by atoms with van der Waals surface area (Å²) in [5, 5.41) is 7.12. The predicted molar refractivity (Wildman–Crippen MR) is 89.7 cm³/mol. The Morgan fingerprint density at radius 1 is 1.27 bits per heavy atom. The van der Waals surface area contributed by atoms with E-state index in [2.05, 4.69) is 25.6 Å². The third kappa shape index (κ3) is 2.28. The van der Waals surface area contributed by atoms with Crippen LogP contribution in [0.4, 0.5) is 0 Å². The van der Waals surface area contributed by atoms with E-state index in [9.17, 15) is 0 Å². The molecule has 3 aliphatic rings. The third-order valence-corrected chi connectivity index (χ3v) is 6.40. The van der Waals surface area contributed by atoms with Gasteiger partial charge in [0.25, 0.3) is 0 Å². The summed E-state index contributed by atoms with van der Waals surface area (Å²) in [4.78, 5) is 4.04. The molecule has 4 nitrogen and oxygen atoms in total. The number of nitrogens with zero attached hydrogens (tertiary/aromatic N) is 4. The minimum absolute atomic E-state index is 0.640. The minimum Gasteiger partial charge on any atom is -0.301 e. The van der Waals surface area contributed by atoms with Crippen LogP contribution in [0.15, 0.2) is 11.4 Å². The second-order valence-corrected chi connectivity index (χ2v) is 8.19. The Bertz CT molecular complexity index is 763. The van der Waals surface area contributed by atoms with Gasteiger partial charge in [0.2, 0.25) is 0 Å². The van der Waals surface area contributed by atoms with Crippen LogP contribution in [-0.2, 0) is 19.6 Å². The molecule has 5 rings (SSSR count). The van der Waals surface area contributed by atoms with Crippen LogP contribution in [0.1, 0.15) is 53.9 Å². The number of fused-ring (bicyclic) bond motifs is 1. The van der Waals surface area contributed by atoms with Crippen LogP contribution in [0.3, 0.4) is 0 Å². The van der Waals surface area contributed by atoms with Crippen molar-refractivity contribution in [3.05, 3.63) is 32.5 Å². The lowest BCUT2D eigenvalue weighted by atomic mass is 10.1. The number of hydrogen-bond donors (Lipinski definition) is 0. The largest absolute Gasteiger partial charge is 0.301 e. The molecule has 0 amide bonds.